The van der Waals surface area contributed by atoms with Crippen molar-refractivity contribution in [3.8, 4) is 0 Å². The first-order chi connectivity index (χ1) is 11.8. The van der Waals surface area contributed by atoms with Crippen LogP contribution < -0.4 is 10.7 Å². The summed E-state index contributed by atoms with van der Waals surface area (Å²) in [7, 11) is 0. The SMILES string of the molecule is Cc1cc(F)cc2c(=O)c(C(=O)N3CCNC(=O)[C@@H]3C(C)C)c[nH]c12. The minimum atomic E-state index is -0.634. The fraction of sp³-hybridized carbons (Fsp3) is 0.389. The highest BCUT2D eigenvalue weighted by molar-refractivity contribution is 6.00. The van der Waals surface area contributed by atoms with E-state index in [0.717, 1.165) is 6.07 Å². The molecule has 3 rings (SSSR count). The van der Waals surface area contributed by atoms with Crippen molar-refractivity contribution in [1.82, 2.24) is 15.2 Å². The van der Waals surface area contributed by atoms with Gasteiger partial charge in [0.1, 0.15) is 17.4 Å². The average Bonchev–Trinajstić information content (AvgIpc) is 2.54. The highest BCUT2D eigenvalue weighted by atomic mass is 19.1. The minimum Gasteiger partial charge on any atom is -0.360 e. The molecule has 0 aliphatic carbocycles. The van der Waals surface area contributed by atoms with Gasteiger partial charge in [-0.15, -0.1) is 0 Å². The third-order valence-corrected chi connectivity index (χ3v) is 4.53. The lowest BCUT2D eigenvalue weighted by molar-refractivity contribution is -0.129. The maximum atomic E-state index is 13.7. The van der Waals surface area contributed by atoms with Crippen molar-refractivity contribution in [1.29, 1.82) is 0 Å². The lowest BCUT2D eigenvalue weighted by Gasteiger charge is -2.37. The van der Waals surface area contributed by atoms with Crippen molar-refractivity contribution in [3.05, 3.63) is 45.5 Å². The van der Waals surface area contributed by atoms with Crippen LogP contribution in [-0.2, 0) is 4.79 Å². The van der Waals surface area contributed by atoms with Gasteiger partial charge in [0.05, 0.1) is 5.52 Å². The minimum absolute atomic E-state index is 0.0853. The molecule has 1 atom stereocenters. The highest BCUT2D eigenvalue weighted by Crippen LogP contribution is 2.19. The van der Waals surface area contributed by atoms with Gasteiger partial charge in [0.15, 0.2) is 0 Å². The molecule has 1 aliphatic heterocycles. The Kier molecular flexibility index (Phi) is 4.32. The zero-order valence-electron chi connectivity index (χ0n) is 14.4. The molecule has 1 saturated heterocycles. The van der Waals surface area contributed by atoms with E-state index in [2.05, 4.69) is 10.3 Å². The van der Waals surface area contributed by atoms with Crippen molar-refractivity contribution in [2.45, 2.75) is 26.8 Å². The predicted octanol–water partition coefficient (Wildman–Crippen LogP) is 1.57. The summed E-state index contributed by atoms with van der Waals surface area (Å²) in [6.45, 7) is 6.05. The molecule has 1 aliphatic rings. The van der Waals surface area contributed by atoms with Gasteiger partial charge in [0, 0.05) is 24.7 Å². The largest absolute Gasteiger partial charge is 0.360 e. The number of carbonyl (C=O) groups is 2. The molecule has 1 aromatic heterocycles. The van der Waals surface area contributed by atoms with Crippen molar-refractivity contribution in [3.63, 3.8) is 0 Å². The van der Waals surface area contributed by atoms with E-state index < -0.39 is 23.2 Å². The lowest BCUT2D eigenvalue weighted by Crippen LogP contribution is -2.59. The van der Waals surface area contributed by atoms with E-state index in [-0.39, 0.29) is 22.8 Å². The number of aromatic amines is 1. The molecule has 2 amide bonds. The van der Waals surface area contributed by atoms with Crippen LogP contribution in [0.4, 0.5) is 4.39 Å². The number of hydrogen-bond donors (Lipinski definition) is 2. The van der Waals surface area contributed by atoms with E-state index in [0.29, 0.717) is 24.2 Å². The Balaban J connectivity index is 2.09. The summed E-state index contributed by atoms with van der Waals surface area (Å²) in [6, 6.07) is 1.82. The first-order valence-electron chi connectivity index (χ1n) is 8.21. The lowest BCUT2D eigenvalue weighted by atomic mass is 9.98. The molecule has 0 unspecified atom stereocenters. The fourth-order valence-corrected chi connectivity index (χ4v) is 3.36. The number of piperazine rings is 1. The van der Waals surface area contributed by atoms with E-state index >= 15 is 0 Å². The number of carbonyl (C=O) groups excluding carboxylic acids is 2. The molecular weight excluding hydrogens is 325 g/mol. The smallest absolute Gasteiger partial charge is 0.260 e. The molecule has 2 heterocycles. The van der Waals surface area contributed by atoms with Crippen molar-refractivity contribution < 1.29 is 14.0 Å². The summed E-state index contributed by atoms with van der Waals surface area (Å²) >= 11 is 0. The van der Waals surface area contributed by atoms with Gasteiger partial charge >= 0.3 is 0 Å². The number of aromatic nitrogens is 1. The molecule has 6 nitrogen and oxygen atoms in total. The number of rotatable bonds is 2. The first kappa shape index (κ1) is 17.1. The summed E-state index contributed by atoms with van der Waals surface area (Å²) in [6.07, 6.45) is 1.35. The number of pyridine rings is 1. The summed E-state index contributed by atoms with van der Waals surface area (Å²) in [5, 5.41) is 2.87. The van der Waals surface area contributed by atoms with Gasteiger partial charge in [0.2, 0.25) is 11.3 Å². The Morgan fingerprint density at radius 1 is 1.32 bits per heavy atom. The second kappa shape index (κ2) is 6.31. The molecule has 0 saturated carbocycles. The van der Waals surface area contributed by atoms with Gasteiger partial charge in [-0.25, -0.2) is 4.39 Å². The molecule has 7 heteroatoms. The van der Waals surface area contributed by atoms with Crippen LogP contribution in [0.5, 0.6) is 0 Å². The zero-order chi connectivity index (χ0) is 18.3. The van der Waals surface area contributed by atoms with E-state index in [4.69, 9.17) is 0 Å². The fourth-order valence-electron chi connectivity index (χ4n) is 3.36. The van der Waals surface area contributed by atoms with Crippen molar-refractivity contribution in [2.75, 3.05) is 13.1 Å². The average molecular weight is 345 g/mol. The standard InChI is InChI=1S/C18H20FN3O3/c1-9(2)15-17(24)20-4-5-22(15)18(25)13-8-21-14-10(3)6-11(19)7-12(14)16(13)23/h6-9,15H,4-5H2,1-3H3,(H,20,24)(H,21,23)/t15-/m0/s1. The van der Waals surface area contributed by atoms with E-state index in [1.807, 2.05) is 13.8 Å². The summed E-state index contributed by atoms with van der Waals surface area (Å²) < 4.78 is 13.7. The topological polar surface area (TPSA) is 82.3 Å². The van der Waals surface area contributed by atoms with Crippen molar-refractivity contribution in [2.24, 2.45) is 5.92 Å². The number of nitrogens with one attached hydrogen (secondary N) is 2. The first-order valence-corrected chi connectivity index (χ1v) is 8.21. The zero-order valence-corrected chi connectivity index (χ0v) is 14.4. The normalized spacial score (nSPS) is 17.9. The quantitative estimate of drug-likeness (QED) is 0.867. The number of nitrogens with zero attached hydrogens (tertiary/aromatic N) is 1. The molecule has 25 heavy (non-hydrogen) atoms. The number of hydrogen-bond acceptors (Lipinski definition) is 3. The van der Waals surface area contributed by atoms with Gasteiger partial charge < -0.3 is 15.2 Å². The van der Waals surface area contributed by atoms with Crippen LogP contribution >= 0.6 is 0 Å². The Hall–Kier alpha value is -2.70. The van der Waals surface area contributed by atoms with Gasteiger partial charge in [-0.1, -0.05) is 13.8 Å². The Morgan fingerprint density at radius 3 is 2.72 bits per heavy atom. The molecule has 132 valence electrons. The van der Waals surface area contributed by atoms with Crippen LogP contribution in [-0.4, -0.2) is 40.8 Å². The maximum absolute atomic E-state index is 13.7. The van der Waals surface area contributed by atoms with Crippen LogP contribution in [0.25, 0.3) is 10.9 Å². The molecule has 2 N–H and O–H groups in total. The summed E-state index contributed by atoms with van der Waals surface area (Å²) in [5.74, 6) is -1.37. The number of aryl methyl sites for hydroxylation is 1. The molecule has 1 aromatic carbocycles. The van der Waals surface area contributed by atoms with Crippen LogP contribution in [0.2, 0.25) is 0 Å². The Labute approximate surface area is 144 Å². The van der Waals surface area contributed by atoms with Crippen LogP contribution in [0.15, 0.2) is 23.1 Å². The van der Waals surface area contributed by atoms with E-state index in [1.165, 1.54) is 17.2 Å². The van der Waals surface area contributed by atoms with Crippen LogP contribution in [0.3, 0.4) is 0 Å². The number of halogens is 1. The summed E-state index contributed by atoms with van der Waals surface area (Å²) in [4.78, 5) is 42.1. The van der Waals surface area contributed by atoms with E-state index in [1.54, 1.807) is 6.92 Å². The summed E-state index contributed by atoms with van der Waals surface area (Å²) in [5.41, 5.74) is 0.468. The number of amides is 2. The molecule has 0 spiro atoms. The Morgan fingerprint density at radius 2 is 2.04 bits per heavy atom. The number of H-pyrrole nitrogens is 1. The third kappa shape index (κ3) is 2.90. The van der Waals surface area contributed by atoms with Gasteiger partial charge in [-0.05, 0) is 30.5 Å². The monoisotopic (exact) mass is 345 g/mol. The van der Waals surface area contributed by atoms with Crippen molar-refractivity contribution >= 4 is 22.7 Å². The second-order valence-electron chi connectivity index (χ2n) is 6.66. The molecule has 0 bridgehead atoms. The molecule has 1 fully saturated rings. The van der Waals surface area contributed by atoms with Gasteiger partial charge in [0.25, 0.3) is 5.91 Å². The maximum Gasteiger partial charge on any atom is 0.260 e. The predicted molar refractivity (Wildman–Crippen MR) is 91.9 cm³/mol. The molecular formula is C18H20FN3O3. The van der Waals surface area contributed by atoms with Gasteiger partial charge in [-0.3, -0.25) is 14.4 Å². The second-order valence-corrected chi connectivity index (χ2v) is 6.66. The van der Waals surface area contributed by atoms with E-state index in [9.17, 15) is 18.8 Å². The number of fused-ring (bicyclic) bond motifs is 1. The molecule has 2 aromatic rings. The van der Waals surface area contributed by atoms with Crippen LogP contribution in [0, 0.1) is 18.7 Å². The van der Waals surface area contributed by atoms with Gasteiger partial charge in [-0.2, -0.15) is 0 Å². The third-order valence-electron chi connectivity index (χ3n) is 4.53. The molecule has 0 radical (unpaired) electrons. The number of benzene rings is 1. The highest BCUT2D eigenvalue weighted by Gasteiger charge is 2.36. The van der Waals surface area contributed by atoms with Crippen LogP contribution in [0.1, 0.15) is 29.8 Å². The Bertz CT molecular complexity index is 920.